The molecule has 23 heavy (non-hydrogen) atoms. The minimum atomic E-state index is -3.92. The summed E-state index contributed by atoms with van der Waals surface area (Å²) in [6, 6.07) is 13.6. The van der Waals surface area contributed by atoms with Crippen LogP contribution >= 0.6 is 0 Å². The van der Waals surface area contributed by atoms with Crippen LogP contribution in [0.25, 0.3) is 10.8 Å². The molecule has 0 aromatic heterocycles. The van der Waals surface area contributed by atoms with Gasteiger partial charge >= 0.3 is 9.05 Å². The lowest BCUT2D eigenvalue weighted by atomic mass is 10.1. The van der Waals surface area contributed by atoms with E-state index in [1.807, 2.05) is 42.5 Å². The fraction of sp³-hybridized carbons (Fsp3) is 0.214. The van der Waals surface area contributed by atoms with Gasteiger partial charge in [-0.2, -0.15) is 13.7 Å². The van der Waals surface area contributed by atoms with Gasteiger partial charge in [-0.25, -0.2) is 14.7 Å². The molecule has 0 radical (unpaired) electrons. The highest BCUT2D eigenvalue weighted by Gasteiger charge is 2.47. The Kier molecular flexibility index (Phi) is 8.54. The van der Waals surface area contributed by atoms with Crippen molar-refractivity contribution in [1.82, 2.24) is 0 Å². The number of carbonyl (C=O) groups is 1. The van der Waals surface area contributed by atoms with E-state index < -0.39 is 9.05 Å². The van der Waals surface area contributed by atoms with Crippen molar-refractivity contribution in [3.63, 3.8) is 0 Å². The van der Waals surface area contributed by atoms with Gasteiger partial charge in [0.2, 0.25) is 0 Å². The van der Waals surface area contributed by atoms with Gasteiger partial charge in [0, 0.05) is 5.56 Å². The van der Waals surface area contributed by atoms with Crippen molar-refractivity contribution in [3.8, 4) is 0 Å². The first-order chi connectivity index (χ1) is 11.1. The van der Waals surface area contributed by atoms with Crippen molar-refractivity contribution in [2.75, 3.05) is 21.3 Å². The minimum Gasteiger partial charge on any atom is -0.363 e. The van der Waals surface area contributed by atoms with Gasteiger partial charge in [0.15, 0.2) is 6.29 Å². The number of benzene rings is 2. The van der Waals surface area contributed by atoms with Gasteiger partial charge in [-0.3, -0.25) is 4.79 Å². The van der Waals surface area contributed by atoms with E-state index in [2.05, 4.69) is 28.4 Å². The van der Waals surface area contributed by atoms with Crippen LogP contribution in [0.3, 0.4) is 0 Å². The molecule has 2 aromatic rings. The molecule has 0 bridgehead atoms. The van der Waals surface area contributed by atoms with E-state index in [9.17, 15) is 4.79 Å². The van der Waals surface area contributed by atoms with E-state index in [1.165, 1.54) is 21.3 Å². The molecule has 0 saturated heterocycles. The number of carbonyl (C=O) groups excluding carboxylic acids is 1. The summed E-state index contributed by atoms with van der Waals surface area (Å²) < 4.78 is 12.6. The van der Waals surface area contributed by atoms with Crippen molar-refractivity contribution in [3.05, 3.63) is 48.0 Å². The Morgan fingerprint density at radius 2 is 1.39 bits per heavy atom. The molecule has 0 heterocycles. The topological polar surface area (TPSA) is 92.7 Å². The molecule has 0 atom stereocenters. The molecule has 0 aliphatic rings. The Morgan fingerprint density at radius 3 is 1.91 bits per heavy atom. The zero-order chi connectivity index (χ0) is 17.1. The molecule has 126 valence electrons. The molecule has 0 fully saturated rings. The first-order valence-corrected chi connectivity index (χ1v) is 8.08. The summed E-state index contributed by atoms with van der Waals surface area (Å²) >= 11 is 0. The smallest absolute Gasteiger partial charge is 0.363 e. The highest BCUT2D eigenvalue weighted by atomic mass is 28.4. The van der Waals surface area contributed by atoms with E-state index in [-0.39, 0.29) is 0 Å². The van der Waals surface area contributed by atoms with Gasteiger partial charge in [-0.15, -0.1) is 0 Å². The summed E-state index contributed by atoms with van der Waals surface area (Å²) in [4.78, 5) is 32.1. The third-order valence-corrected chi connectivity index (χ3v) is 3.65. The first-order valence-electron chi connectivity index (χ1n) is 6.41. The Bertz CT molecular complexity index is 584. The van der Waals surface area contributed by atoms with Crippen LogP contribution in [0.2, 0.25) is 0 Å². The van der Waals surface area contributed by atoms with Crippen LogP contribution in [0.5, 0.6) is 0 Å². The maximum atomic E-state index is 10.6. The molecule has 2 aromatic carbocycles. The first kappa shape index (κ1) is 19.4. The molecular formula is C14H18O8Si. The van der Waals surface area contributed by atoms with Crippen molar-refractivity contribution < 1.29 is 38.0 Å². The van der Waals surface area contributed by atoms with Gasteiger partial charge in [-0.1, -0.05) is 42.5 Å². The number of rotatable bonds is 7. The second kappa shape index (κ2) is 10.2. The van der Waals surface area contributed by atoms with Gasteiger partial charge < -0.3 is 4.80 Å². The van der Waals surface area contributed by atoms with Gasteiger partial charge in [0.25, 0.3) is 0 Å². The van der Waals surface area contributed by atoms with E-state index in [4.69, 9.17) is 4.80 Å². The SMILES string of the molecule is COO[Si](O)(OOC)OOC.O=Cc1cccc2ccccc12. The second-order valence-corrected chi connectivity index (χ2v) is 5.51. The molecule has 0 saturated carbocycles. The lowest BCUT2D eigenvalue weighted by molar-refractivity contribution is -0.366. The summed E-state index contributed by atoms with van der Waals surface area (Å²) in [7, 11) is -0.386. The normalized spacial score (nSPS) is 11.0. The summed E-state index contributed by atoms with van der Waals surface area (Å²) in [5, 5.41) is 2.14. The molecule has 0 aliphatic heterocycles. The van der Waals surface area contributed by atoms with Gasteiger partial charge in [-0.05, 0) is 10.8 Å². The summed E-state index contributed by atoms with van der Waals surface area (Å²) in [5.74, 6) is 0. The number of hydrogen-bond donors (Lipinski definition) is 1. The lowest BCUT2D eigenvalue weighted by Gasteiger charge is -2.15. The van der Waals surface area contributed by atoms with Crippen LogP contribution in [0.15, 0.2) is 42.5 Å². The van der Waals surface area contributed by atoms with Crippen LogP contribution in [0.1, 0.15) is 10.4 Å². The quantitative estimate of drug-likeness (QED) is 0.352. The maximum Gasteiger partial charge on any atom is 0.761 e. The van der Waals surface area contributed by atoms with Crippen molar-refractivity contribution >= 4 is 26.1 Å². The average molecular weight is 342 g/mol. The summed E-state index contributed by atoms with van der Waals surface area (Å²) in [5.41, 5.74) is 0.758. The summed E-state index contributed by atoms with van der Waals surface area (Å²) in [6.45, 7) is 0. The van der Waals surface area contributed by atoms with Crippen molar-refractivity contribution in [2.45, 2.75) is 0 Å². The van der Waals surface area contributed by atoms with Crippen LogP contribution in [0.4, 0.5) is 0 Å². The molecule has 0 spiro atoms. The molecule has 9 heteroatoms. The fourth-order valence-corrected chi connectivity index (χ4v) is 2.43. The summed E-state index contributed by atoms with van der Waals surface area (Å²) in [6.07, 6.45) is 0.891. The third-order valence-electron chi connectivity index (χ3n) is 2.52. The Hall–Kier alpha value is -1.69. The predicted molar refractivity (Wildman–Crippen MR) is 81.6 cm³/mol. The zero-order valence-corrected chi connectivity index (χ0v) is 13.9. The van der Waals surface area contributed by atoms with E-state index in [1.54, 1.807) is 0 Å². The van der Waals surface area contributed by atoms with Crippen LogP contribution in [-0.2, 0) is 28.4 Å². The van der Waals surface area contributed by atoms with Crippen LogP contribution in [0, 0.1) is 0 Å². The second-order valence-electron chi connectivity index (χ2n) is 3.96. The highest BCUT2D eigenvalue weighted by Crippen LogP contribution is 2.16. The zero-order valence-electron chi connectivity index (χ0n) is 12.9. The van der Waals surface area contributed by atoms with Crippen molar-refractivity contribution in [1.29, 1.82) is 0 Å². The molecule has 0 amide bonds. The maximum absolute atomic E-state index is 10.6. The molecule has 0 unspecified atom stereocenters. The highest BCUT2D eigenvalue weighted by molar-refractivity contribution is 6.51. The van der Waals surface area contributed by atoms with Crippen molar-refractivity contribution in [2.24, 2.45) is 0 Å². The molecule has 8 nitrogen and oxygen atoms in total. The molecule has 1 N–H and O–H groups in total. The standard InChI is InChI=1S/C11H8O.C3H10O7Si/c12-8-10-6-3-5-9-4-1-2-7-11(9)10;1-5-8-11(4,9-6-2)10-7-3/h1-8H;4H,1-3H3. The molecule has 2 rings (SSSR count). The van der Waals surface area contributed by atoms with Gasteiger partial charge in [0.05, 0.1) is 21.3 Å². The predicted octanol–water partition coefficient (Wildman–Crippen LogP) is 1.80. The minimum absolute atomic E-state index is 0.758. The van der Waals surface area contributed by atoms with E-state index in [0.29, 0.717) is 0 Å². The molecule has 0 aliphatic carbocycles. The number of aldehydes is 1. The Labute approximate surface area is 134 Å². The average Bonchev–Trinajstić information content (AvgIpc) is 2.55. The number of fused-ring (bicyclic) bond motifs is 1. The fourth-order valence-electron chi connectivity index (χ4n) is 1.71. The van der Waals surface area contributed by atoms with Crippen LogP contribution < -0.4 is 0 Å². The van der Waals surface area contributed by atoms with Crippen LogP contribution in [-0.4, -0.2) is 41.5 Å². The van der Waals surface area contributed by atoms with E-state index >= 15 is 0 Å². The molecular weight excluding hydrogens is 324 g/mol. The Morgan fingerprint density at radius 1 is 0.870 bits per heavy atom. The Balaban J connectivity index is 0.000000232. The van der Waals surface area contributed by atoms with Gasteiger partial charge in [0.1, 0.15) is 0 Å². The monoisotopic (exact) mass is 342 g/mol. The third kappa shape index (κ3) is 6.13. The largest absolute Gasteiger partial charge is 0.761 e. The number of hydrogen-bond acceptors (Lipinski definition) is 8. The van der Waals surface area contributed by atoms with E-state index in [0.717, 1.165) is 22.6 Å². The lowest BCUT2D eigenvalue weighted by Crippen LogP contribution is -2.45.